The van der Waals surface area contributed by atoms with Gasteiger partial charge in [0.1, 0.15) is 5.75 Å². The van der Waals surface area contributed by atoms with Gasteiger partial charge in [-0.05, 0) is 61.4 Å². The van der Waals surface area contributed by atoms with Crippen LogP contribution < -0.4 is 4.74 Å². The number of carbonyl (C=O) groups excluding carboxylic acids is 2. The van der Waals surface area contributed by atoms with Crippen molar-refractivity contribution in [3.05, 3.63) is 63.1 Å². The number of halogens is 1. The summed E-state index contributed by atoms with van der Waals surface area (Å²) in [6, 6.07) is 10.7. The molecule has 2 aromatic carbocycles. The Balaban J connectivity index is 0.000000251. The third kappa shape index (κ3) is 5.90. The molecule has 2 aromatic rings. The lowest BCUT2D eigenvalue weighted by Crippen LogP contribution is -2.03. The minimum absolute atomic E-state index is 0.292. The smallest absolute Gasteiger partial charge is 0.338 e. The van der Waals surface area contributed by atoms with Crippen molar-refractivity contribution in [1.29, 1.82) is 0 Å². The number of rotatable bonds is 3. The predicted molar refractivity (Wildman–Crippen MR) is 99.3 cm³/mol. The minimum atomic E-state index is -0.319. The second-order valence-electron chi connectivity index (χ2n) is 5.12. The monoisotopic (exact) mass is 408 g/mol. The molecular formula is C19H21BrO5. The Morgan fingerprint density at radius 1 is 0.800 bits per heavy atom. The van der Waals surface area contributed by atoms with Gasteiger partial charge in [0.2, 0.25) is 0 Å². The van der Waals surface area contributed by atoms with Gasteiger partial charge in [-0.2, -0.15) is 0 Å². The molecule has 0 fully saturated rings. The Morgan fingerprint density at radius 2 is 1.28 bits per heavy atom. The summed E-state index contributed by atoms with van der Waals surface area (Å²) in [5.74, 6) is 0.130. The fraction of sp³-hybridized carbons (Fsp3) is 0.263. The van der Waals surface area contributed by atoms with Crippen LogP contribution in [-0.2, 0) is 9.47 Å². The highest BCUT2D eigenvalue weighted by atomic mass is 79.9. The maximum atomic E-state index is 11.2. The van der Waals surface area contributed by atoms with Crippen LogP contribution in [0.3, 0.4) is 0 Å². The quantitative estimate of drug-likeness (QED) is 0.706. The summed E-state index contributed by atoms with van der Waals surface area (Å²) in [5.41, 5.74) is 2.95. The molecule has 0 aromatic heterocycles. The lowest BCUT2D eigenvalue weighted by atomic mass is 10.1. The SMILES string of the molecule is COC(=O)c1ccc(Br)cc1C.COC(=O)c1ccc(OC)cc1C. The molecule has 0 aliphatic heterocycles. The molecule has 0 radical (unpaired) electrons. The highest BCUT2D eigenvalue weighted by Crippen LogP contribution is 2.17. The molecule has 0 aliphatic carbocycles. The number of hydrogen-bond donors (Lipinski definition) is 0. The minimum Gasteiger partial charge on any atom is -0.497 e. The number of carbonyl (C=O) groups is 2. The Labute approximate surface area is 156 Å². The lowest BCUT2D eigenvalue weighted by Gasteiger charge is -2.05. The summed E-state index contributed by atoms with van der Waals surface area (Å²) < 4.78 is 15.2. The second-order valence-corrected chi connectivity index (χ2v) is 6.04. The van der Waals surface area contributed by atoms with Crippen molar-refractivity contribution in [3.8, 4) is 5.75 Å². The number of ether oxygens (including phenoxy) is 3. The van der Waals surface area contributed by atoms with Crippen molar-refractivity contribution in [2.75, 3.05) is 21.3 Å². The van der Waals surface area contributed by atoms with Crippen LogP contribution in [-0.4, -0.2) is 33.3 Å². The molecule has 0 saturated carbocycles. The first kappa shape index (κ1) is 20.7. The number of esters is 2. The van der Waals surface area contributed by atoms with Crippen molar-refractivity contribution >= 4 is 27.9 Å². The van der Waals surface area contributed by atoms with Gasteiger partial charge in [-0.3, -0.25) is 0 Å². The summed E-state index contributed by atoms with van der Waals surface area (Å²) in [4.78, 5) is 22.3. The van der Waals surface area contributed by atoms with E-state index in [1.807, 2.05) is 26.0 Å². The molecule has 0 atom stereocenters. The normalized spacial score (nSPS) is 9.52. The van der Waals surface area contributed by atoms with E-state index in [1.54, 1.807) is 31.4 Å². The fourth-order valence-electron chi connectivity index (χ4n) is 2.07. The van der Waals surface area contributed by atoms with Gasteiger partial charge in [0, 0.05) is 4.47 Å². The van der Waals surface area contributed by atoms with Gasteiger partial charge in [-0.15, -0.1) is 0 Å². The molecule has 0 aliphatic rings. The van der Waals surface area contributed by atoms with Gasteiger partial charge in [0.15, 0.2) is 0 Å². The van der Waals surface area contributed by atoms with Crippen LogP contribution in [0.2, 0.25) is 0 Å². The molecule has 0 amide bonds. The summed E-state index contributed by atoms with van der Waals surface area (Å²) in [5, 5.41) is 0. The van der Waals surface area contributed by atoms with Gasteiger partial charge in [0.05, 0.1) is 32.5 Å². The van der Waals surface area contributed by atoms with Crippen molar-refractivity contribution in [1.82, 2.24) is 0 Å². The summed E-state index contributed by atoms with van der Waals surface area (Å²) in [6.07, 6.45) is 0. The molecule has 0 N–H and O–H groups in total. The van der Waals surface area contributed by atoms with E-state index in [9.17, 15) is 9.59 Å². The highest BCUT2D eigenvalue weighted by molar-refractivity contribution is 9.10. The summed E-state index contributed by atoms with van der Waals surface area (Å²) >= 11 is 3.32. The molecule has 6 heteroatoms. The first-order chi connectivity index (χ1) is 11.8. The van der Waals surface area contributed by atoms with E-state index in [-0.39, 0.29) is 11.9 Å². The third-order valence-electron chi connectivity index (χ3n) is 3.43. The zero-order chi connectivity index (χ0) is 19.0. The zero-order valence-corrected chi connectivity index (χ0v) is 16.5. The summed E-state index contributed by atoms with van der Waals surface area (Å²) in [7, 11) is 4.34. The van der Waals surface area contributed by atoms with Crippen molar-refractivity contribution < 1.29 is 23.8 Å². The predicted octanol–water partition coefficient (Wildman–Crippen LogP) is 4.33. The van der Waals surface area contributed by atoms with Crippen LogP contribution in [0.4, 0.5) is 0 Å². The van der Waals surface area contributed by atoms with E-state index < -0.39 is 0 Å². The molecule has 5 nitrogen and oxygen atoms in total. The molecule has 2 rings (SSSR count). The molecule has 0 saturated heterocycles. The van der Waals surface area contributed by atoms with E-state index in [0.29, 0.717) is 11.1 Å². The molecule has 134 valence electrons. The summed E-state index contributed by atoms with van der Waals surface area (Å²) in [6.45, 7) is 3.71. The van der Waals surface area contributed by atoms with Crippen LogP contribution in [0.5, 0.6) is 5.75 Å². The van der Waals surface area contributed by atoms with E-state index in [4.69, 9.17) is 4.74 Å². The number of hydrogen-bond acceptors (Lipinski definition) is 5. The Kier molecular flexibility index (Phi) is 8.15. The van der Waals surface area contributed by atoms with Crippen molar-refractivity contribution in [2.45, 2.75) is 13.8 Å². The van der Waals surface area contributed by atoms with Crippen LogP contribution >= 0.6 is 15.9 Å². The lowest BCUT2D eigenvalue weighted by molar-refractivity contribution is 0.0591. The molecule has 25 heavy (non-hydrogen) atoms. The zero-order valence-electron chi connectivity index (χ0n) is 14.9. The third-order valence-corrected chi connectivity index (χ3v) is 3.93. The van der Waals surface area contributed by atoms with E-state index in [2.05, 4.69) is 25.4 Å². The number of methoxy groups -OCH3 is 3. The van der Waals surface area contributed by atoms with Gasteiger partial charge in [-0.25, -0.2) is 9.59 Å². The molecule has 0 spiro atoms. The van der Waals surface area contributed by atoms with E-state index in [0.717, 1.165) is 21.3 Å². The van der Waals surface area contributed by atoms with E-state index >= 15 is 0 Å². The van der Waals surface area contributed by atoms with E-state index in [1.165, 1.54) is 14.2 Å². The molecule has 0 bridgehead atoms. The molecule has 0 unspecified atom stereocenters. The highest BCUT2D eigenvalue weighted by Gasteiger charge is 2.09. The van der Waals surface area contributed by atoms with Gasteiger partial charge >= 0.3 is 11.9 Å². The number of aryl methyl sites for hydroxylation is 2. The second kappa shape index (κ2) is 9.84. The Bertz CT molecular complexity index is 755. The maximum absolute atomic E-state index is 11.2. The Hall–Kier alpha value is -2.34. The van der Waals surface area contributed by atoms with Gasteiger partial charge in [0.25, 0.3) is 0 Å². The van der Waals surface area contributed by atoms with Gasteiger partial charge in [-0.1, -0.05) is 15.9 Å². The first-order valence-corrected chi connectivity index (χ1v) is 8.20. The number of benzene rings is 2. The van der Waals surface area contributed by atoms with Crippen LogP contribution in [0.1, 0.15) is 31.8 Å². The van der Waals surface area contributed by atoms with Gasteiger partial charge < -0.3 is 14.2 Å². The largest absolute Gasteiger partial charge is 0.497 e. The molecular weight excluding hydrogens is 388 g/mol. The molecule has 0 heterocycles. The Morgan fingerprint density at radius 3 is 1.68 bits per heavy atom. The van der Waals surface area contributed by atoms with Crippen molar-refractivity contribution in [3.63, 3.8) is 0 Å². The van der Waals surface area contributed by atoms with Crippen LogP contribution in [0.25, 0.3) is 0 Å². The average molecular weight is 409 g/mol. The first-order valence-electron chi connectivity index (χ1n) is 7.41. The average Bonchev–Trinajstić information content (AvgIpc) is 2.60. The van der Waals surface area contributed by atoms with Crippen LogP contribution in [0.15, 0.2) is 40.9 Å². The topological polar surface area (TPSA) is 61.8 Å². The fourth-order valence-corrected chi connectivity index (χ4v) is 2.54. The maximum Gasteiger partial charge on any atom is 0.338 e. The van der Waals surface area contributed by atoms with Crippen molar-refractivity contribution in [2.24, 2.45) is 0 Å². The van der Waals surface area contributed by atoms with Crippen LogP contribution in [0, 0.1) is 13.8 Å². The standard InChI is InChI=1S/C10H12O3.C9H9BrO2/c1-7-6-8(12-2)4-5-9(7)10(11)13-3;1-6-5-7(10)3-4-8(6)9(11)12-2/h4-6H,1-3H3;3-5H,1-2H3.